The number of ether oxygens (including phenoxy) is 1. The summed E-state index contributed by atoms with van der Waals surface area (Å²) in [4.78, 5) is 4.38. The smallest absolute Gasteiger partial charge is 0.123 e. The molecule has 1 aromatic heterocycles. The summed E-state index contributed by atoms with van der Waals surface area (Å²) >= 11 is 6.14. The molecule has 0 amide bonds. The van der Waals surface area contributed by atoms with Crippen LogP contribution in [0.5, 0.6) is 5.75 Å². The number of halogens is 1. The summed E-state index contributed by atoms with van der Waals surface area (Å²) in [5, 5.41) is 4.23. The summed E-state index contributed by atoms with van der Waals surface area (Å²) in [5.74, 6) is 0.867. The van der Waals surface area contributed by atoms with Crippen LogP contribution in [0.1, 0.15) is 30.6 Å². The van der Waals surface area contributed by atoms with E-state index in [-0.39, 0.29) is 6.04 Å². The number of aromatic nitrogens is 1. The van der Waals surface area contributed by atoms with Gasteiger partial charge in [-0.1, -0.05) is 24.6 Å². The van der Waals surface area contributed by atoms with Gasteiger partial charge in [-0.25, -0.2) is 0 Å². The van der Waals surface area contributed by atoms with E-state index >= 15 is 0 Å². The van der Waals surface area contributed by atoms with Gasteiger partial charge in [0.2, 0.25) is 0 Å². The Bertz CT molecular complexity index is 560. The number of hydrogen-bond donors (Lipinski definition) is 1. The SMILES string of the molecule is CCNC(CCc1ccccn1)c1cc(Cl)ccc1OC. The van der Waals surface area contributed by atoms with Gasteiger partial charge in [-0.15, -0.1) is 0 Å². The largest absolute Gasteiger partial charge is 0.496 e. The lowest BCUT2D eigenvalue weighted by Gasteiger charge is -2.21. The van der Waals surface area contributed by atoms with Gasteiger partial charge in [0.25, 0.3) is 0 Å². The van der Waals surface area contributed by atoms with Crippen molar-refractivity contribution in [3.8, 4) is 5.75 Å². The Labute approximate surface area is 131 Å². The first-order valence-electron chi connectivity index (χ1n) is 7.21. The number of benzene rings is 1. The highest BCUT2D eigenvalue weighted by Crippen LogP contribution is 2.30. The third-order valence-corrected chi connectivity index (χ3v) is 3.67. The molecule has 2 aromatic rings. The van der Waals surface area contributed by atoms with Gasteiger partial charge in [-0.05, 0) is 49.7 Å². The van der Waals surface area contributed by atoms with Crippen LogP contribution in [0.15, 0.2) is 42.6 Å². The number of nitrogens with zero attached hydrogens (tertiary/aromatic N) is 1. The number of rotatable bonds is 7. The van der Waals surface area contributed by atoms with Gasteiger partial charge in [0, 0.05) is 28.5 Å². The molecule has 0 aliphatic heterocycles. The molecule has 0 aliphatic carbocycles. The zero-order valence-corrected chi connectivity index (χ0v) is 13.2. The molecule has 0 bridgehead atoms. The Balaban J connectivity index is 2.16. The maximum atomic E-state index is 6.14. The molecule has 0 radical (unpaired) electrons. The number of pyridine rings is 1. The summed E-state index contributed by atoms with van der Waals surface area (Å²) in [6, 6.07) is 12.0. The van der Waals surface area contributed by atoms with Gasteiger partial charge in [-0.2, -0.15) is 0 Å². The molecule has 1 N–H and O–H groups in total. The van der Waals surface area contributed by atoms with Crippen LogP contribution in [0.2, 0.25) is 5.02 Å². The Kier molecular flexibility index (Phi) is 6.03. The van der Waals surface area contributed by atoms with E-state index in [0.29, 0.717) is 0 Å². The molecular weight excluding hydrogens is 284 g/mol. The fraction of sp³-hybridized carbons (Fsp3) is 0.353. The number of nitrogens with one attached hydrogen (secondary N) is 1. The van der Waals surface area contributed by atoms with E-state index in [1.165, 1.54) is 0 Å². The lowest BCUT2D eigenvalue weighted by molar-refractivity contribution is 0.396. The third-order valence-electron chi connectivity index (χ3n) is 3.43. The average molecular weight is 305 g/mol. The van der Waals surface area contributed by atoms with E-state index in [0.717, 1.165) is 41.4 Å². The van der Waals surface area contributed by atoms with Crippen molar-refractivity contribution in [2.75, 3.05) is 13.7 Å². The number of methoxy groups -OCH3 is 1. The molecule has 0 spiro atoms. The highest BCUT2D eigenvalue weighted by molar-refractivity contribution is 6.30. The zero-order valence-electron chi connectivity index (χ0n) is 12.5. The van der Waals surface area contributed by atoms with Gasteiger partial charge in [0.1, 0.15) is 5.75 Å². The molecule has 3 nitrogen and oxygen atoms in total. The quantitative estimate of drug-likeness (QED) is 0.838. The molecule has 1 atom stereocenters. The molecule has 2 rings (SSSR count). The van der Waals surface area contributed by atoms with Crippen molar-refractivity contribution in [3.05, 3.63) is 58.9 Å². The van der Waals surface area contributed by atoms with Crippen LogP contribution in [0.4, 0.5) is 0 Å². The highest BCUT2D eigenvalue weighted by atomic mass is 35.5. The van der Waals surface area contributed by atoms with E-state index < -0.39 is 0 Å². The summed E-state index contributed by atoms with van der Waals surface area (Å²) < 4.78 is 5.47. The van der Waals surface area contributed by atoms with Crippen molar-refractivity contribution in [2.24, 2.45) is 0 Å². The minimum atomic E-state index is 0.200. The van der Waals surface area contributed by atoms with Crippen LogP contribution < -0.4 is 10.1 Å². The molecule has 1 aromatic carbocycles. The van der Waals surface area contributed by atoms with Crippen molar-refractivity contribution in [3.63, 3.8) is 0 Å². The number of aryl methyl sites for hydroxylation is 1. The molecule has 0 aliphatic rings. The summed E-state index contributed by atoms with van der Waals surface area (Å²) in [6.07, 6.45) is 3.69. The van der Waals surface area contributed by atoms with Crippen molar-refractivity contribution >= 4 is 11.6 Å². The van der Waals surface area contributed by atoms with Gasteiger partial charge in [-0.3, -0.25) is 4.98 Å². The molecular formula is C17H21ClN2O. The maximum absolute atomic E-state index is 6.14. The Morgan fingerprint density at radius 1 is 1.29 bits per heavy atom. The van der Waals surface area contributed by atoms with Crippen LogP contribution in [0, 0.1) is 0 Å². The first-order chi connectivity index (χ1) is 10.2. The van der Waals surface area contributed by atoms with E-state index in [1.54, 1.807) is 7.11 Å². The van der Waals surface area contributed by atoms with Crippen molar-refractivity contribution < 1.29 is 4.74 Å². The fourth-order valence-corrected chi connectivity index (χ4v) is 2.61. The molecule has 0 saturated heterocycles. The summed E-state index contributed by atoms with van der Waals surface area (Å²) in [5.41, 5.74) is 2.20. The van der Waals surface area contributed by atoms with Crippen molar-refractivity contribution in [2.45, 2.75) is 25.8 Å². The van der Waals surface area contributed by atoms with Crippen LogP contribution in [-0.4, -0.2) is 18.6 Å². The fourth-order valence-electron chi connectivity index (χ4n) is 2.43. The van der Waals surface area contributed by atoms with E-state index in [9.17, 15) is 0 Å². The molecule has 1 heterocycles. The van der Waals surface area contributed by atoms with Crippen LogP contribution in [-0.2, 0) is 6.42 Å². The van der Waals surface area contributed by atoms with E-state index in [1.807, 2.05) is 36.5 Å². The second-order valence-electron chi connectivity index (χ2n) is 4.86. The number of hydrogen-bond acceptors (Lipinski definition) is 3. The summed E-state index contributed by atoms with van der Waals surface area (Å²) in [6.45, 7) is 2.99. The van der Waals surface area contributed by atoms with Gasteiger partial charge in [0.15, 0.2) is 0 Å². The van der Waals surface area contributed by atoms with Crippen LogP contribution in [0.25, 0.3) is 0 Å². The third kappa shape index (κ3) is 4.45. The maximum Gasteiger partial charge on any atom is 0.123 e. The topological polar surface area (TPSA) is 34.2 Å². The minimum Gasteiger partial charge on any atom is -0.496 e. The molecule has 1 unspecified atom stereocenters. The zero-order chi connectivity index (χ0) is 15.1. The van der Waals surface area contributed by atoms with E-state index in [2.05, 4.69) is 23.3 Å². The lowest BCUT2D eigenvalue weighted by atomic mass is 9.99. The molecule has 4 heteroatoms. The first kappa shape index (κ1) is 15.8. The average Bonchev–Trinajstić information content (AvgIpc) is 2.52. The van der Waals surface area contributed by atoms with Crippen LogP contribution in [0.3, 0.4) is 0 Å². The lowest BCUT2D eigenvalue weighted by Crippen LogP contribution is -2.22. The van der Waals surface area contributed by atoms with Crippen LogP contribution >= 0.6 is 11.6 Å². The van der Waals surface area contributed by atoms with Gasteiger partial charge in [0.05, 0.1) is 7.11 Å². The second-order valence-corrected chi connectivity index (χ2v) is 5.29. The second kappa shape index (κ2) is 8.01. The molecule has 0 saturated carbocycles. The normalized spacial score (nSPS) is 12.1. The monoisotopic (exact) mass is 304 g/mol. The predicted molar refractivity (Wildman–Crippen MR) is 87.0 cm³/mol. The van der Waals surface area contributed by atoms with Crippen molar-refractivity contribution in [1.82, 2.24) is 10.3 Å². The molecule has 21 heavy (non-hydrogen) atoms. The van der Waals surface area contributed by atoms with Crippen molar-refractivity contribution in [1.29, 1.82) is 0 Å². The first-order valence-corrected chi connectivity index (χ1v) is 7.59. The standard InChI is InChI=1S/C17H21ClN2O/c1-3-19-16(9-8-14-6-4-5-11-20-14)15-12-13(18)7-10-17(15)21-2/h4-7,10-12,16,19H,3,8-9H2,1-2H3. The van der Waals surface area contributed by atoms with Gasteiger partial charge >= 0.3 is 0 Å². The predicted octanol–water partition coefficient (Wildman–Crippen LogP) is 4.03. The van der Waals surface area contributed by atoms with Gasteiger partial charge < -0.3 is 10.1 Å². The Morgan fingerprint density at radius 2 is 2.14 bits per heavy atom. The molecule has 112 valence electrons. The highest BCUT2D eigenvalue weighted by Gasteiger charge is 2.16. The Morgan fingerprint density at radius 3 is 2.81 bits per heavy atom. The Hall–Kier alpha value is -1.58. The van der Waals surface area contributed by atoms with E-state index in [4.69, 9.17) is 16.3 Å². The molecule has 0 fully saturated rings. The summed E-state index contributed by atoms with van der Waals surface area (Å²) in [7, 11) is 1.69. The minimum absolute atomic E-state index is 0.200.